The Morgan fingerprint density at radius 1 is 1.35 bits per heavy atom. The van der Waals surface area contributed by atoms with Gasteiger partial charge in [-0.15, -0.1) is 0 Å². The lowest BCUT2D eigenvalue weighted by atomic mass is 10.2. The van der Waals surface area contributed by atoms with Crippen LogP contribution < -0.4 is 5.32 Å². The molecule has 0 fully saturated rings. The summed E-state index contributed by atoms with van der Waals surface area (Å²) in [5.74, 6) is 0.860. The number of nitrogens with zero attached hydrogens (tertiary/aromatic N) is 1. The van der Waals surface area contributed by atoms with E-state index in [1.54, 1.807) is 0 Å². The van der Waals surface area contributed by atoms with Gasteiger partial charge in [0.25, 0.3) is 5.22 Å². The Balaban J connectivity index is 2.04. The number of hydrogen-bond acceptors (Lipinski definition) is 4. The van der Waals surface area contributed by atoms with Gasteiger partial charge in [-0.05, 0) is 56.3 Å². The second kappa shape index (κ2) is 7.16. The zero-order valence-corrected chi connectivity index (χ0v) is 13.6. The maximum Gasteiger partial charge on any atom is 0.260 e. The molecule has 0 atom stereocenters. The number of oxazole rings is 1. The zero-order chi connectivity index (χ0) is 14.5. The first kappa shape index (κ1) is 15.4. The van der Waals surface area contributed by atoms with Gasteiger partial charge in [0, 0.05) is 16.5 Å². The van der Waals surface area contributed by atoms with Gasteiger partial charge in [0.05, 0.1) is 5.69 Å². The summed E-state index contributed by atoms with van der Waals surface area (Å²) in [7, 11) is 0. The number of hydrogen-bond donors (Lipinski definition) is 1. The minimum Gasteiger partial charge on any atom is -0.436 e. The molecule has 1 aromatic carbocycles. The van der Waals surface area contributed by atoms with Gasteiger partial charge in [0.2, 0.25) is 0 Å². The Morgan fingerprint density at radius 2 is 2.15 bits per heavy atom. The van der Waals surface area contributed by atoms with Crippen LogP contribution in [0.25, 0.3) is 0 Å². The third-order valence-electron chi connectivity index (χ3n) is 2.98. The second-order valence-corrected chi connectivity index (χ2v) is 6.09. The summed E-state index contributed by atoms with van der Waals surface area (Å²) in [5, 5.41) is 4.79. The number of nitrogens with one attached hydrogen (secondary N) is 1. The van der Waals surface area contributed by atoms with Gasteiger partial charge in [-0.3, -0.25) is 0 Å². The second-order valence-electron chi connectivity index (χ2n) is 4.65. The summed E-state index contributed by atoms with van der Waals surface area (Å²) in [6, 6.07) is 6.06. The molecule has 0 aliphatic heterocycles. The molecule has 2 rings (SSSR count). The van der Waals surface area contributed by atoms with Crippen molar-refractivity contribution in [3.63, 3.8) is 0 Å². The van der Waals surface area contributed by atoms with Crippen LogP contribution in [0.2, 0.25) is 5.02 Å². The predicted molar refractivity (Wildman–Crippen MR) is 83.5 cm³/mol. The molecule has 0 saturated carbocycles. The van der Waals surface area contributed by atoms with E-state index in [1.807, 2.05) is 26.0 Å². The molecule has 108 valence electrons. The molecule has 1 aromatic heterocycles. The summed E-state index contributed by atoms with van der Waals surface area (Å²) >= 11 is 7.80. The highest BCUT2D eigenvalue weighted by molar-refractivity contribution is 7.99. The maximum atomic E-state index is 6.31. The van der Waals surface area contributed by atoms with E-state index in [0.29, 0.717) is 5.22 Å². The molecule has 0 aliphatic rings. The monoisotopic (exact) mass is 310 g/mol. The van der Waals surface area contributed by atoms with Gasteiger partial charge >= 0.3 is 0 Å². The molecule has 20 heavy (non-hydrogen) atoms. The minimum absolute atomic E-state index is 0.660. The van der Waals surface area contributed by atoms with Crippen molar-refractivity contribution in [1.82, 2.24) is 10.3 Å². The van der Waals surface area contributed by atoms with Crippen LogP contribution in [0.5, 0.6) is 0 Å². The first-order valence-electron chi connectivity index (χ1n) is 6.71. The average molecular weight is 311 g/mol. The smallest absolute Gasteiger partial charge is 0.260 e. The molecule has 0 radical (unpaired) electrons. The van der Waals surface area contributed by atoms with Crippen LogP contribution in [-0.2, 0) is 6.54 Å². The van der Waals surface area contributed by atoms with Crippen LogP contribution in [0.3, 0.4) is 0 Å². The minimum atomic E-state index is 0.660. The topological polar surface area (TPSA) is 38.1 Å². The standard InChI is InChI=1S/C15H19ClN2OS/c1-4-7-17-9-12-5-6-13(8-14(12)16)20-15-18-10(2)11(3)19-15/h5-6,8,17H,4,7,9H2,1-3H3. The fourth-order valence-electron chi connectivity index (χ4n) is 1.72. The normalized spacial score (nSPS) is 11.0. The molecule has 0 unspecified atom stereocenters. The number of rotatable bonds is 6. The van der Waals surface area contributed by atoms with Crippen molar-refractivity contribution in [1.29, 1.82) is 0 Å². The highest BCUT2D eigenvalue weighted by Gasteiger charge is 2.09. The molecule has 1 heterocycles. The third kappa shape index (κ3) is 4.01. The lowest BCUT2D eigenvalue weighted by Crippen LogP contribution is -2.13. The Kier molecular flexibility index (Phi) is 5.52. The number of halogens is 1. The van der Waals surface area contributed by atoms with E-state index in [2.05, 4.69) is 23.3 Å². The van der Waals surface area contributed by atoms with Gasteiger partial charge in [-0.1, -0.05) is 24.6 Å². The molecular formula is C15H19ClN2OS. The number of aryl methyl sites for hydroxylation is 2. The summed E-state index contributed by atoms with van der Waals surface area (Å²) in [4.78, 5) is 5.40. The zero-order valence-electron chi connectivity index (χ0n) is 12.0. The van der Waals surface area contributed by atoms with Gasteiger partial charge in [-0.25, -0.2) is 4.98 Å². The molecule has 5 heteroatoms. The quantitative estimate of drug-likeness (QED) is 0.792. The molecule has 0 amide bonds. The van der Waals surface area contributed by atoms with Crippen molar-refractivity contribution < 1.29 is 4.42 Å². The van der Waals surface area contributed by atoms with Gasteiger partial charge < -0.3 is 9.73 Å². The lowest BCUT2D eigenvalue weighted by Gasteiger charge is -2.07. The van der Waals surface area contributed by atoms with Crippen LogP contribution in [-0.4, -0.2) is 11.5 Å². The molecular weight excluding hydrogens is 292 g/mol. The van der Waals surface area contributed by atoms with Crippen LogP contribution in [0.15, 0.2) is 32.7 Å². The predicted octanol–water partition coefficient (Wildman–Crippen LogP) is 4.60. The maximum absolute atomic E-state index is 6.31. The van der Waals surface area contributed by atoms with Crippen LogP contribution in [0.1, 0.15) is 30.4 Å². The van der Waals surface area contributed by atoms with E-state index >= 15 is 0 Å². The first-order valence-corrected chi connectivity index (χ1v) is 7.90. The Hall–Kier alpha value is -0.970. The van der Waals surface area contributed by atoms with E-state index in [1.165, 1.54) is 11.8 Å². The van der Waals surface area contributed by atoms with Crippen LogP contribution in [0, 0.1) is 13.8 Å². The summed E-state index contributed by atoms with van der Waals surface area (Å²) < 4.78 is 5.56. The van der Waals surface area contributed by atoms with Crippen molar-refractivity contribution in [2.75, 3.05) is 6.54 Å². The molecule has 1 N–H and O–H groups in total. The van der Waals surface area contributed by atoms with Crippen molar-refractivity contribution in [2.45, 2.75) is 43.9 Å². The first-order chi connectivity index (χ1) is 9.60. The number of aromatic nitrogens is 1. The Bertz CT molecular complexity index is 564. The molecule has 2 aromatic rings. The van der Waals surface area contributed by atoms with Gasteiger partial charge in [0.1, 0.15) is 5.76 Å². The third-order valence-corrected chi connectivity index (χ3v) is 4.17. The fraction of sp³-hybridized carbons (Fsp3) is 0.400. The van der Waals surface area contributed by atoms with E-state index in [-0.39, 0.29) is 0 Å². The van der Waals surface area contributed by atoms with Gasteiger partial charge in [0.15, 0.2) is 0 Å². The van der Waals surface area contributed by atoms with Gasteiger partial charge in [-0.2, -0.15) is 0 Å². The van der Waals surface area contributed by atoms with Crippen molar-refractivity contribution in [2.24, 2.45) is 0 Å². The summed E-state index contributed by atoms with van der Waals surface area (Å²) in [5.41, 5.74) is 2.04. The molecule has 0 bridgehead atoms. The molecule has 0 aliphatic carbocycles. The lowest BCUT2D eigenvalue weighted by molar-refractivity contribution is 0.431. The van der Waals surface area contributed by atoms with Crippen LogP contribution in [0.4, 0.5) is 0 Å². The highest BCUT2D eigenvalue weighted by Crippen LogP contribution is 2.31. The largest absolute Gasteiger partial charge is 0.436 e. The van der Waals surface area contributed by atoms with E-state index in [9.17, 15) is 0 Å². The van der Waals surface area contributed by atoms with E-state index < -0.39 is 0 Å². The summed E-state index contributed by atoms with van der Waals surface area (Å²) in [6.07, 6.45) is 1.12. The summed E-state index contributed by atoms with van der Waals surface area (Å²) in [6.45, 7) is 7.81. The average Bonchev–Trinajstić information content (AvgIpc) is 2.71. The van der Waals surface area contributed by atoms with Crippen LogP contribution >= 0.6 is 23.4 Å². The Labute approximate surface area is 129 Å². The Morgan fingerprint density at radius 3 is 2.75 bits per heavy atom. The molecule has 0 saturated heterocycles. The van der Waals surface area contributed by atoms with Crippen molar-refractivity contribution >= 4 is 23.4 Å². The SMILES string of the molecule is CCCNCc1ccc(Sc2nc(C)c(C)o2)cc1Cl. The molecule has 0 spiro atoms. The van der Waals surface area contributed by atoms with E-state index in [0.717, 1.165) is 46.4 Å². The van der Waals surface area contributed by atoms with Crippen molar-refractivity contribution in [3.8, 4) is 0 Å². The van der Waals surface area contributed by atoms with E-state index in [4.69, 9.17) is 16.0 Å². The number of benzene rings is 1. The highest BCUT2D eigenvalue weighted by atomic mass is 35.5. The fourth-order valence-corrected chi connectivity index (χ4v) is 2.90. The molecule has 3 nitrogen and oxygen atoms in total. The van der Waals surface area contributed by atoms with Crippen molar-refractivity contribution in [3.05, 3.63) is 40.2 Å².